The number of benzene rings is 3. The summed E-state index contributed by atoms with van der Waals surface area (Å²) in [7, 11) is 3.94. The van der Waals surface area contributed by atoms with Gasteiger partial charge in [-0.15, -0.1) is 0 Å². The number of hydrogen-bond acceptors (Lipinski definition) is 4. The smallest absolute Gasteiger partial charge is 0.252 e. The molecule has 0 spiro atoms. The van der Waals surface area contributed by atoms with Gasteiger partial charge in [0.15, 0.2) is 0 Å². The van der Waals surface area contributed by atoms with E-state index in [1.807, 2.05) is 97.9 Å². The van der Waals surface area contributed by atoms with Gasteiger partial charge in [-0.05, 0) is 42.7 Å². The Bertz CT molecular complexity index is 1220. The molecule has 0 bridgehead atoms. The summed E-state index contributed by atoms with van der Waals surface area (Å²) < 4.78 is 0. The minimum atomic E-state index is -0.565. The Labute approximate surface area is 207 Å². The summed E-state index contributed by atoms with van der Waals surface area (Å²) in [5.41, 5.74) is 5.01. The number of carbonyl (C=O) groups excluding carboxylic acids is 2. The number of benzodiazepines with no additional fused rings is 1. The van der Waals surface area contributed by atoms with E-state index in [1.54, 1.807) is 4.90 Å². The fourth-order valence-corrected chi connectivity index (χ4v) is 4.26. The molecule has 0 radical (unpaired) electrons. The van der Waals surface area contributed by atoms with Gasteiger partial charge in [0, 0.05) is 36.6 Å². The van der Waals surface area contributed by atoms with E-state index in [2.05, 4.69) is 19.2 Å². The van der Waals surface area contributed by atoms with E-state index in [4.69, 9.17) is 4.99 Å². The van der Waals surface area contributed by atoms with Crippen LogP contribution in [-0.4, -0.2) is 44.2 Å². The summed E-state index contributed by atoms with van der Waals surface area (Å²) in [4.78, 5) is 35.4. The molecule has 0 saturated carbocycles. The number of hydrogen-bond donors (Lipinski definition) is 1. The highest BCUT2D eigenvalue weighted by Crippen LogP contribution is 2.30. The predicted molar refractivity (Wildman–Crippen MR) is 144 cm³/mol. The fourth-order valence-electron chi connectivity index (χ4n) is 4.26. The molecule has 1 aliphatic rings. The first kappa shape index (κ1) is 24.2. The van der Waals surface area contributed by atoms with Gasteiger partial charge in [-0.1, -0.05) is 62.4 Å². The average Bonchev–Trinajstić information content (AvgIpc) is 2.95. The van der Waals surface area contributed by atoms with E-state index in [9.17, 15) is 9.59 Å². The highest BCUT2D eigenvalue weighted by atomic mass is 16.2. The molecule has 1 unspecified atom stereocenters. The lowest BCUT2D eigenvalue weighted by Crippen LogP contribution is -2.43. The Hall–Kier alpha value is -3.93. The number of anilines is 3. The molecule has 3 aromatic rings. The van der Waals surface area contributed by atoms with E-state index < -0.39 is 6.04 Å². The topological polar surface area (TPSA) is 65.0 Å². The van der Waals surface area contributed by atoms with Gasteiger partial charge in [0.2, 0.25) is 5.91 Å². The van der Waals surface area contributed by atoms with Crippen molar-refractivity contribution in [2.75, 3.05) is 35.8 Å². The van der Waals surface area contributed by atoms with Crippen LogP contribution in [0.15, 0.2) is 83.9 Å². The Balaban J connectivity index is 1.67. The molecule has 1 atom stereocenters. The molecule has 0 saturated heterocycles. The van der Waals surface area contributed by atoms with Crippen LogP contribution in [-0.2, 0) is 9.59 Å². The zero-order valence-corrected chi connectivity index (χ0v) is 20.7. The highest BCUT2D eigenvalue weighted by Gasteiger charge is 2.33. The van der Waals surface area contributed by atoms with Crippen LogP contribution in [0, 0.1) is 5.92 Å². The van der Waals surface area contributed by atoms with E-state index in [1.165, 1.54) is 0 Å². The lowest BCUT2D eigenvalue weighted by atomic mass is 10.00. The third-order valence-electron chi connectivity index (χ3n) is 6.00. The largest absolute Gasteiger partial charge is 0.378 e. The van der Waals surface area contributed by atoms with Crippen LogP contribution in [0.25, 0.3) is 0 Å². The SMILES string of the molecule is CC(C)CC1N=C(c2ccccc2)c2ccccc2N(CC(=O)Nc2ccc(N(C)C)cc2)C1=O. The predicted octanol–water partition coefficient (Wildman–Crippen LogP) is 4.99. The molecular weight excluding hydrogens is 436 g/mol. The van der Waals surface area contributed by atoms with E-state index in [-0.39, 0.29) is 24.3 Å². The second kappa shape index (κ2) is 10.6. The number of aliphatic imine (C=N–C) groups is 1. The molecule has 3 aromatic carbocycles. The molecule has 1 heterocycles. The molecule has 0 aromatic heterocycles. The van der Waals surface area contributed by atoms with Crippen molar-refractivity contribution in [1.29, 1.82) is 0 Å². The van der Waals surface area contributed by atoms with Gasteiger partial charge >= 0.3 is 0 Å². The molecule has 4 rings (SSSR count). The molecule has 1 aliphatic heterocycles. The first-order chi connectivity index (χ1) is 16.8. The highest BCUT2D eigenvalue weighted by molar-refractivity contribution is 6.21. The van der Waals surface area contributed by atoms with Crippen LogP contribution in [0.3, 0.4) is 0 Å². The number of amides is 2. The summed E-state index contributed by atoms with van der Waals surface area (Å²) in [6.45, 7) is 4.08. The van der Waals surface area contributed by atoms with Crippen molar-refractivity contribution < 1.29 is 9.59 Å². The molecule has 180 valence electrons. The summed E-state index contributed by atoms with van der Waals surface area (Å²) in [5, 5.41) is 2.94. The second-order valence-corrected chi connectivity index (χ2v) is 9.42. The normalized spacial score (nSPS) is 15.3. The van der Waals surface area contributed by atoms with Gasteiger partial charge in [0.1, 0.15) is 12.6 Å². The Kier molecular flexibility index (Phi) is 7.30. The van der Waals surface area contributed by atoms with Gasteiger partial charge in [-0.3, -0.25) is 14.6 Å². The maximum absolute atomic E-state index is 13.8. The minimum absolute atomic E-state index is 0.0858. The minimum Gasteiger partial charge on any atom is -0.378 e. The Morgan fingerprint density at radius 2 is 1.63 bits per heavy atom. The van der Waals surface area contributed by atoms with E-state index in [0.29, 0.717) is 17.8 Å². The quantitative estimate of drug-likeness (QED) is 0.531. The Morgan fingerprint density at radius 3 is 2.29 bits per heavy atom. The first-order valence-electron chi connectivity index (χ1n) is 11.9. The number of nitrogens with one attached hydrogen (secondary N) is 1. The van der Waals surface area contributed by atoms with E-state index >= 15 is 0 Å². The third kappa shape index (κ3) is 5.60. The Morgan fingerprint density at radius 1 is 0.971 bits per heavy atom. The zero-order valence-electron chi connectivity index (χ0n) is 20.7. The van der Waals surface area contributed by atoms with Crippen molar-refractivity contribution in [2.24, 2.45) is 10.9 Å². The molecule has 0 aliphatic carbocycles. The second-order valence-electron chi connectivity index (χ2n) is 9.42. The molecule has 1 N–H and O–H groups in total. The average molecular weight is 469 g/mol. The number of fused-ring (bicyclic) bond motifs is 1. The van der Waals surface area contributed by atoms with Gasteiger partial charge in [-0.2, -0.15) is 0 Å². The van der Waals surface area contributed by atoms with Crippen LogP contribution in [0.4, 0.5) is 17.1 Å². The van der Waals surface area contributed by atoms with Crippen LogP contribution in [0.1, 0.15) is 31.4 Å². The summed E-state index contributed by atoms with van der Waals surface area (Å²) in [6.07, 6.45) is 0.604. The summed E-state index contributed by atoms with van der Waals surface area (Å²) >= 11 is 0. The molecule has 35 heavy (non-hydrogen) atoms. The van der Waals surface area contributed by atoms with Crippen LogP contribution in [0.2, 0.25) is 0 Å². The maximum atomic E-state index is 13.8. The van der Waals surface area contributed by atoms with E-state index in [0.717, 1.165) is 22.5 Å². The fraction of sp³-hybridized carbons (Fsp3) is 0.276. The maximum Gasteiger partial charge on any atom is 0.252 e. The van der Waals surface area contributed by atoms with Crippen molar-refractivity contribution in [3.8, 4) is 0 Å². The van der Waals surface area contributed by atoms with Gasteiger partial charge in [-0.25, -0.2) is 0 Å². The monoisotopic (exact) mass is 468 g/mol. The van der Waals surface area contributed by atoms with Gasteiger partial charge in [0.25, 0.3) is 5.91 Å². The molecule has 2 amide bonds. The number of para-hydroxylation sites is 1. The van der Waals surface area contributed by atoms with Gasteiger partial charge < -0.3 is 15.1 Å². The van der Waals surface area contributed by atoms with Crippen LogP contribution >= 0.6 is 0 Å². The number of nitrogens with zero attached hydrogens (tertiary/aromatic N) is 3. The lowest BCUT2D eigenvalue weighted by Gasteiger charge is -2.25. The third-order valence-corrected chi connectivity index (χ3v) is 6.00. The van der Waals surface area contributed by atoms with Crippen LogP contribution < -0.4 is 15.1 Å². The van der Waals surface area contributed by atoms with Crippen LogP contribution in [0.5, 0.6) is 0 Å². The number of carbonyl (C=O) groups is 2. The lowest BCUT2D eigenvalue weighted by molar-refractivity contribution is -0.122. The molecule has 0 fully saturated rings. The van der Waals surface area contributed by atoms with Crippen molar-refractivity contribution in [2.45, 2.75) is 26.3 Å². The van der Waals surface area contributed by atoms with Crippen molar-refractivity contribution >= 4 is 34.6 Å². The number of rotatable bonds is 7. The zero-order chi connectivity index (χ0) is 24.9. The van der Waals surface area contributed by atoms with Crippen molar-refractivity contribution in [1.82, 2.24) is 0 Å². The standard InChI is InChI=1S/C29H32N4O2/c1-20(2)18-25-29(35)33(19-27(34)30-22-14-16-23(17-15-22)32(3)4)26-13-9-8-12-24(26)28(31-25)21-10-6-5-7-11-21/h5-17,20,25H,18-19H2,1-4H3,(H,30,34). The molecular formula is C29H32N4O2. The summed E-state index contributed by atoms with van der Waals surface area (Å²) in [5.74, 6) is -0.135. The van der Waals surface area contributed by atoms with Gasteiger partial charge in [0.05, 0.1) is 11.4 Å². The van der Waals surface area contributed by atoms with Crippen molar-refractivity contribution in [3.63, 3.8) is 0 Å². The summed E-state index contributed by atoms with van der Waals surface area (Å²) in [6, 6.07) is 24.7. The molecule has 6 heteroatoms. The van der Waals surface area contributed by atoms with Crippen molar-refractivity contribution in [3.05, 3.63) is 90.0 Å². The first-order valence-corrected chi connectivity index (χ1v) is 11.9. The molecule has 6 nitrogen and oxygen atoms in total.